The highest BCUT2D eigenvalue weighted by Gasteiger charge is 2.46. The molecule has 1 heterocycles. The fourth-order valence-electron chi connectivity index (χ4n) is 4.80. The van der Waals surface area contributed by atoms with Gasteiger partial charge in [-0.2, -0.15) is 0 Å². The summed E-state index contributed by atoms with van der Waals surface area (Å²) in [6.45, 7) is 0. The zero-order valence-corrected chi connectivity index (χ0v) is 11.1. The van der Waals surface area contributed by atoms with Gasteiger partial charge in [0.1, 0.15) is 0 Å². The van der Waals surface area contributed by atoms with E-state index in [4.69, 9.17) is 5.84 Å². The summed E-state index contributed by atoms with van der Waals surface area (Å²) in [4.78, 5) is 0. The monoisotopic (exact) mass is 236 g/mol. The molecule has 0 aromatic rings. The van der Waals surface area contributed by atoms with Crippen LogP contribution in [0.25, 0.3) is 0 Å². The maximum atomic E-state index is 6.47. The molecule has 98 valence electrons. The van der Waals surface area contributed by atoms with Gasteiger partial charge in [-0.3, -0.25) is 5.84 Å². The highest BCUT2D eigenvalue weighted by atomic mass is 15.5. The summed E-state index contributed by atoms with van der Waals surface area (Å²) in [7, 11) is 0. The molecule has 0 radical (unpaired) electrons. The van der Waals surface area contributed by atoms with E-state index in [9.17, 15) is 0 Å². The van der Waals surface area contributed by atoms with Crippen molar-refractivity contribution in [1.29, 1.82) is 0 Å². The van der Waals surface area contributed by atoms with Gasteiger partial charge in [0.15, 0.2) is 0 Å². The zero-order valence-electron chi connectivity index (χ0n) is 11.1. The third-order valence-corrected chi connectivity index (χ3v) is 5.63. The molecule has 2 N–H and O–H groups in total. The highest BCUT2D eigenvalue weighted by molar-refractivity contribution is 4.98. The second-order valence-electron chi connectivity index (χ2n) is 6.54. The van der Waals surface area contributed by atoms with Gasteiger partial charge in [-0.1, -0.05) is 44.9 Å². The fraction of sp³-hybridized carbons (Fsp3) is 1.00. The minimum atomic E-state index is 0.725. The van der Waals surface area contributed by atoms with Crippen molar-refractivity contribution in [3.05, 3.63) is 0 Å². The number of nitrogens with two attached hydrogens (primary N) is 1. The topological polar surface area (TPSA) is 29.3 Å². The van der Waals surface area contributed by atoms with E-state index in [-0.39, 0.29) is 0 Å². The average molecular weight is 236 g/mol. The molecule has 1 saturated heterocycles. The van der Waals surface area contributed by atoms with Crippen molar-refractivity contribution in [2.24, 2.45) is 17.7 Å². The number of hydrogen-bond donors (Lipinski definition) is 1. The van der Waals surface area contributed by atoms with Crippen molar-refractivity contribution < 1.29 is 0 Å². The van der Waals surface area contributed by atoms with Crippen molar-refractivity contribution in [2.75, 3.05) is 0 Å². The van der Waals surface area contributed by atoms with Gasteiger partial charge < -0.3 is 0 Å². The van der Waals surface area contributed by atoms with Crippen LogP contribution in [0.1, 0.15) is 70.6 Å². The molecule has 3 fully saturated rings. The van der Waals surface area contributed by atoms with E-state index in [0.717, 1.165) is 23.9 Å². The molecule has 17 heavy (non-hydrogen) atoms. The molecule has 3 rings (SSSR count). The summed E-state index contributed by atoms with van der Waals surface area (Å²) in [6.07, 6.45) is 15.7. The van der Waals surface area contributed by atoms with Gasteiger partial charge in [0.05, 0.1) is 0 Å². The van der Waals surface area contributed by atoms with Crippen molar-refractivity contribution in [3.63, 3.8) is 0 Å². The first-order chi connectivity index (χ1) is 8.38. The normalized spacial score (nSPS) is 44.3. The molecule has 2 heteroatoms. The Balaban J connectivity index is 1.78. The van der Waals surface area contributed by atoms with Crippen molar-refractivity contribution in [2.45, 2.75) is 82.7 Å². The van der Waals surface area contributed by atoms with Gasteiger partial charge in [0, 0.05) is 12.1 Å². The van der Waals surface area contributed by atoms with Crippen molar-refractivity contribution in [3.8, 4) is 0 Å². The van der Waals surface area contributed by atoms with Crippen LogP contribution in [0.15, 0.2) is 0 Å². The van der Waals surface area contributed by atoms with Gasteiger partial charge >= 0.3 is 0 Å². The van der Waals surface area contributed by atoms with Crippen LogP contribution in [0, 0.1) is 11.8 Å². The Kier molecular flexibility index (Phi) is 3.72. The van der Waals surface area contributed by atoms with E-state index in [0.29, 0.717) is 0 Å². The molecular formula is C15H28N2. The molecule has 2 saturated carbocycles. The molecule has 1 aliphatic heterocycles. The maximum absolute atomic E-state index is 6.47. The van der Waals surface area contributed by atoms with E-state index >= 15 is 0 Å². The lowest BCUT2D eigenvalue weighted by Crippen LogP contribution is -2.43. The van der Waals surface area contributed by atoms with Crippen LogP contribution in [0.2, 0.25) is 0 Å². The molecule has 4 atom stereocenters. The summed E-state index contributed by atoms with van der Waals surface area (Å²) < 4.78 is 0. The van der Waals surface area contributed by atoms with Gasteiger partial charge in [-0.15, -0.1) is 0 Å². The molecular weight excluding hydrogens is 208 g/mol. The summed E-state index contributed by atoms with van der Waals surface area (Å²) in [5, 5.41) is 2.31. The van der Waals surface area contributed by atoms with E-state index in [1.165, 1.54) is 70.6 Å². The van der Waals surface area contributed by atoms with Crippen LogP contribution in [-0.2, 0) is 0 Å². The van der Waals surface area contributed by atoms with Crippen LogP contribution in [-0.4, -0.2) is 17.1 Å². The number of hydrazine groups is 1. The Hall–Kier alpha value is -0.0800. The molecule has 0 bridgehead atoms. The quantitative estimate of drug-likeness (QED) is 0.653. The minimum absolute atomic E-state index is 0.725. The number of fused-ring (bicyclic) bond motifs is 3. The lowest BCUT2D eigenvalue weighted by Gasteiger charge is -2.28. The Morgan fingerprint density at radius 3 is 1.53 bits per heavy atom. The largest absolute Gasteiger partial charge is 0.268 e. The van der Waals surface area contributed by atoms with E-state index < -0.39 is 0 Å². The van der Waals surface area contributed by atoms with E-state index in [2.05, 4.69) is 5.01 Å². The SMILES string of the molecule is NN1C2CCCCCCC2C2CCCCCC21. The second kappa shape index (κ2) is 5.27. The van der Waals surface area contributed by atoms with Crippen LogP contribution in [0.3, 0.4) is 0 Å². The lowest BCUT2D eigenvalue weighted by molar-refractivity contribution is 0.155. The van der Waals surface area contributed by atoms with Crippen LogP contribution < -0.4 is 5.84 Å². The van der Waals surface area contributed by atoms with Gasteiger partial charge in [0.25, 0.3) is 0 Å². The Morgan fingerprint density at radius 1 is 0.588 bits per heavy atom. The average Bonchev–Trinajstić information content (AvgIpc) is 2.49. The third-order valence-electron chi connectivity index (χ3n) is 5.63. The van der Waals surface area contributed by atoms with Gasteiger partial charge in [-0.25, -0.2) is 5.01 Å². The summed E-state index contributed by atoms with van der Waals surface area (Å²) in [6, 6.07) is 1.45. The fourth-order valence-corrected chi connectivity index (χ4v) is 4.80. The first-order valence-electron chi connectivity index (χ1n) is 7.91. The van der Waals surface area contributed by atoms with Crippen molar-refractivity contribution >= 4 is 0 Å². The second-order valence-corrected chi connectivity index (χ2v) is 6.54. The Morgan fingerprint density at radius 2 is 1.00 bits per heavy atom. The molecule has 4 unspecified atom stereocenters. The van der Waals surface area contributed by atoms with E-state index in [1.54, 1.807) is 0 Å². The Bertz CT molecular complexity index is 253. The standard InChI is InChI=1S/C15H28N2/c16-17-14-10-6-2-1-4-8-12(14)13-9-5-3-7-11-15(13)17/h12-15H,1-11,16H2. The first kappa shape index (κ1) is 12.0. The highest BCUT2D eigenvalue weighted by Crippen LogP contribution is 2.45. The van der Waals surface area contributed by atoms with Crippen LogP contribution >= 0.6 is 0 Å². The van der Waals surface area contributed by atoms with E-state index in [1.807, 2.05) is 0 Å². The number of hydrogen-bond acceptors (Lipinski definition) is 2. The van der Waals surface area contributed by atoms with Crippen molar-refractivity contribution in [1.82, 2.24) is 5.01 Å². The molecule has 0 aromatic carbocycles. The number of nitrogens with zero attached hydrogens (tertiary/aromatic N) is 1. The summed E-state index contributed by atoms with van der Waals surface area (Å²) in [5.74, 6) is 8.34. The first-order valence-corrected chi connectivity index (χ1v) is 7.91. The van der Waals surface area contributed by atoms with Crippen LogP contribution in [0.5, 0.6) is 0 Å². The predicted octanol–water partition coefficient (Wildman–Crippen LogP) is 3.46. The molecule has 2 aliphatic carbocycles. The maximum Gasteiger partial charge on any atom is 0.0275 e. The van der Waals surface area contributed by atoms with Gasteiger partial charge in [0.2, 0.25) is 0 Å². The molecule has 3 aliphatic rings. The van der Waals surface area contributed by atoms with Gasteiger partial charge in [-0.05, 0) is 37.5 Å². The third kappa shape index (κ3) is 2.26. The molecule has 0 spiro atoms. The summed E-state index contributed by atoms with van der Waals surface area (Å²) >= 11 is 0. The predicted molar refractivity (Wildman–Crippen MR) is 71.4 cm³/mol. The van der Waals surface area contributed by atoms with Crippen LogP contribution in [0.4, 0.5) is 0 Å². The minimum Gasteiger partial charge on any atom is -0.268 e. The number of rotatable bonds is 0. The Labute approximate surface area is 106 Å². The lowest BCUT2D eigenvalue weighted by atomic mass is 9.78. The zero-order chi connectivity index (χ0) is 11.7. The molecule has 0 aromatic heterocycles. The summed E-state index contributed by atoms with van der Waals surface area (Å²) in [5.41, 5.74) is 0. The molecule has 2 nitrogen and oxygen atoms in total. The smallest absolute Gasteiger partial charge is 0.0275 e. The molecule has 0 amide bonds.